The molecule has 0 aromatic carbocycles. The molecule has 6 nitrogen and oxygen atoms in total. The molecule has 0 spiro atoms. The zero-order valence-corrected chi connectivity index (χ0v) is 10.3. The number of hydrogen-bond donors (Lipinski definition) is 1. The Morgan fingerprint density at radius 2 is 1.94 bits per heavy atom. The monoisotopic (exact) mass is 240 g/mol. The number of carbonyl (C=O) groups is 2. The van der Waals surface area contributed by atoms with Gasteiger partial charge in [-0.05, 0) is 27.7 Å². The Hall–Kier alpha value is -1.85. The van der Waals surface area contributed by atoms with E-state index in [4.69, 9.17) is 9.84 Å². The smallest absolute Gasteiger partial charge is 0.359 e. The van der Waals surface area contributed by atoms with Crippen molar-refractivity contribution in [2.45, 2.75) is 39.8 Å². The summed E-state index contributed by atoms with van der Waals surface area (Å²) in [6.45, 7) is 7.01. The molecular formula is C11H16N2O4. The fraction of sp³-hybridized carbons (Fsp3) is 0.545. The molecule has 0 aliphatic carbocycles. The van der Waals surface area contributed by atoms with E-state index in [0.29, 0.717) is 0 Å². The summed E-state index contributed by atoms with van der Waals surface area (Å²) in [6, 6.07) is 1.09. The first kappa shape index (κ1) is 13.2. The van der Waals surface area contributed by atoms with E-state index in [9.17, 15) is 9.59 Å². The fourth-order valence-electron chi connectivity index (χ4n) is 1.32. The number of carboxylic acids is 1. The highest BCUT2D eigenvalue weighted by atomic mass is 16.5. The van der Waals surface area contributed by atoms with Crippen LogP contribution in [0.1, 0.15) is 54.7 Å². The van der Waals surface area contributed by atoms with E-state index < -0.39 is 11.9 Å². The molecule has 0 amide bonds. The van der Waals surface area contributed by atoms with E-state index in [1.54, 1.807) is 27.7 Å². The third kappa shape index (κ3) is 3.05. The van der Waals surface area contributed by atoms with Crippen LogP contribution in [0.5, 0.6) is 0 Å². The van der Waals surface area contributed by atoms with Crippen molar-refractivity contribution >= 4 is 11.9 Å². The average molecular weight is 240 g/mol. The molecule has 0 radical (unpaired) electrons. The van der Waals surface area contributed by atoms with Gasteiger partial charge >= 0.3 is 11.9 Å². The normalized spacial score (nSPS) is 10.9. The van der Waals surface area contributed by atoms with Crippen LogP contribution in [0.4, 0.5) is 0 Å². The van der Waals surface area contributed by atoms with E-state index in [1.807, 2.05) is 0 Å². The van der Waals surface area contributed by atoms with E-state index in [2.05, 4.69) is 5.10 Å². The second kappa shape index (κ2) is 4.99. The first-order valence-electron chi connectivity index (χ1n) is 5.36. The van der Waals surface area contributed by atoms with E-state index in [1.165, 1.54) is 10.7 Å². The second-order valence-corrected chi connectivity index (χ2v) is 4.21. The maximum absolute atomic E-state index is 11.6. The van der Waals surface area contributed by atoms with Crippen LogP contribution in [0, 0.1) is 0 Å². The Morgan fingerprint density at radius 1 is 1.35 bits per heavy atom. The minimum atomic E-state index is -1.12. The number of aromatic nitrogens is 2. The molecule has 0 aliphatic heterocycles. The maximum Gasteiger partial charge on any atom is 0.359 e. The number of esters is 1. The van der Waals surface area contributed by atoms with Gasteiger partial charge in [-0.1, -0.05) is 0 Å². The van der Waals surface area contributed by atoms with Crippen LogP contribution < -0.4 is 0 Å². The van der Waals surface area contributed by atoms with Gasteiger partial charge in [0.15, 0.2) is 5.69 Å². The van der Waals surface area contributed by atoms with Crippen LogP contribution >= 0.6 is 0 Å². The van der Waals surface area contributed by atoms with Crippen LogP contribution in [0.15, 0.2) is 6.07 Å². The van der Waals surface area contributed by atoms with Crippen molar-refractivity contribution in [2.75, 3.05) is 0 Å². The number of aromatic carboxylic acids is 1. The van der Waals surface area contributed by atoms with Gasteiger partial charge in [0, 0.05) is 12.1 Å². The largest absolute Gasteiger partial charge is 0.477 e. The van der Waals surface area contributed by atoms with Gasteiger partial charge in [0.2, 0.25) is 0 Å². The zero-order valence-electron chi connectivity index (χ0n) is 10.3. The Morgan fingerprint density at radius 3 is 2.29 bits per heavy atom. The van der Waals surface area contributed by atoms with E-state index in [0.717, 1.165) is 0 Å². The molecule has 0 saturated heterocycles. The Kier molecular flexibility index (Phi) is 3.88. The van der Waals surface area contributed by atoms with Crippen molar-refractivity contribution in [1.29, 1.82) is 0 Å². The van der Waals surface area contributed by atoms with Crippen molar-refractivity contribution in [1.82, 2.24) is 9.78 Å². The predicted molar refractivity (Wildman–Crippen MR) is 60.1 cm³/mol. The number of rotatable bonds is 4. The molecule has 1 rings (SSSR count). The molecule has 0 fully saturated rings. The Balaban J connectivity index is 3.08. The van der Waals surface area contributed by atoms with Crippen LogP contribution in [0.25, 0.3) is 0 Å². The highest BCUT2D eigenvalue weighted by molar-refractivity contribution is 5.92. The SMILES string of the molecule is CC(C)OC(=O)c1cc(C(=O)O)n(C(C)C)n1. The number of carboxylic acid groups (broad SMARTS) is 1. The van der Waals surface area contributed by atoms with Crippen molar-refractivity contribution < 1.29 is 19.4 Å². The highest BCUT2D eigenvalue weighted by Gasteiger charge is 2.21. The second-order valence-electron chi connectivity index (χ2n) is 4.21. The zero-order chi connectivity index (χ0) is 13.2. The molecule has 0 unspecified atom stereocenters. The predicted octanol–water partition coefficient (Wildman–Crippen LogP) is 1.73. The van der Waals surface area contributed by atoms with Gasteiger partial charge in [0.1, 0.15) is 5.69 Å². The summed E-state index contributed by atoms with van der Waals surface area (Å²) < 4.78 is 6.25. The fourth-order valence-corrected chi connectivity index (χ4v) is 1.32. The molecule has 0 aliphatic rings. The topological polar surface area (TPSA) is 81.4 Å². The lowest BCUT2D eigenvalue weighted by atomic mass is 10.3. The molecule has 1 N–H and O–H groups in total. The quantitative estimate of drug-likeness (QED) is 0.810. The Labute approximate surface area is 99.2 Å². The maximum atomic E-state index is 11.6. The third-order valence-electron chi connectivity index (χ3n) is 2.00. The number of ether oxygens (including phenoxy) is 1. The highest BCUT2D eigenvalue weighted by Crippen LogP contribution is 2.12. The van der Waals surface area contributed by atoms with Crippen LogP contribution in [-0.4, -0.2) is 32.9 Å². The lowest BCUT2D eigenvalue weighted by Gasteiger charge is -2.07. The van der Waals surface area contributed by atoms with E-state index in [-0.39, 0.29) is 23.5 Å². The minimum Gasteiger partial charge on any atom is -0.477 e. The van der Waals surface area contributed by atoms with Crippen molar-refractivity contribution in [3.63, 3.8) is 0 Å². The summed E-state index contributed by atoms with van der Waals surface area (Å²) in [5.74, 6) is -1.73. The Bertz CT molecular complexity index is 435. The molecule has 17 heavy (non-hydrogen) atoms. The summed E-state index contributed by atoms with van der Waals surface area (Å²) in [7, 11) is 0. The average Bonchev–Trinajstić information content (AvgIpc) is 2.60. The van der Waals surface area contributed by atoms with Gasteiger partial charge < -0.3 is 9.84 Å². The third-order valence-corrected chi connectivity index (χ3v) is 2.00. The van der Waals surface area contributed by atoms with Crippen molar-refractivity contribution in [3.8, 4) is 0 Å². The molecule has 1 aromatic heterocycles. The number of nitrogens with zero attached hydrogens (tertiary/aromatic N) is 2. The minimum absolute atomic E-state index is 0.0179. The summed E-state index contributed by atoms with van der Waals surface area (Å²) in [5, 5.41) is 12.9. The van der Waals surface area contributed by atoms with Crippen molar-refractivity contribution in [2.24, 2.45) is 0 Å². The standard InChI is InChI=1S/C11H16N2O4/c1-6(2)13-9(10(14)15)5-8(12-13)11(16)17-7(3)4/h5-7H,1-4H3,(H,14,15). The summed E-state index contributed by atoms with van der Waals surface area (Å²) in [4.78, 5) is 22.5. The number of hydrogen-bond acceptors (Lipinski definition) is 4. The molecule has 6 heteroatoms. The van der Waals surface area contributed by atoms with E-state index >= 15 is 0 Å². The van der Waals surface area contributed by atoms with Gasteiger partial charge in [-0.25, -0.2) is 9.59 Å². The molecular weight excluding hydrogens is 224 g/mol. The lowest BCUT2D eigenvalue weighted by Crippen LogP contribution is -2.14. The summed E-state index contributed by atoms with van der Waals surface area (Å²) >= 11 is 0. The van der Waals surface area contributed by atoms with Gasteiger partial charge in [-0.2, -0.15) is 5.10 Å². The molecule has 0 saturated carbocycles. The molecule has 1 aromatic rings. The van der Waals surface area contributed by atoms with Crippen LogP contribution in [0.3, 0.4) is 0 Å². The van der Waals surface area contributed by atoms with Gasteiger partial charge in [-0.3, -0.25) is 4.68 Å². The number of carbonyl (C=O) groups excluding carboxylic acids is 1. The molecule has 1 heterocycles. The summed E-state index contributed by atoms with van der Waals surface area (Å²) in [6.07, 6.45) is -0.264. The molecule has 94 valence electrons. The van der Waals surface area contributed by atoms with Gasteiger partial charge in [0.25, 0.3) is 0 Å². The first-order valence-corrected chi connectivity index (χ1v) is 5.36. The lowest BCUT2D eigenvalue weighted by molar-refractivity contribution is 0.0369. The molecule has 0 bridgehead atoms. The first-order chi connectivity index (χ1) is 7.82. The molecule has 0 atom stereocenters. The van der Waals surface area contributed by atoms with Crippen LogP contribution in [-0.2, 0) is 4.74 Å². The summed E-state index contributed by atoms with van der Waals surface area (Å²) in [5.41, 5.74) is 0.000469. The van der Waals surface area contributed by atoms with Gasteiger partial charge in [-0.15, -0.1) is 0 Å². The van der Waals surface area contributed by atoms with Gasteiger partial charge in [0.05, 0.1) is 6.10 Å². The van der Waals surface area contributed by atoms with Crippen LogP contribution in [0.2, 0.25) is 0 Å². The van der Waals surface area contributed by atoms with Crippen molar-refractivity contribution in [3.05, 3.63) is 17.5 Å².